The summed E-state index contributed by atoms with van der Waals surface area (Å²) in [4.78, 5) is 0. The van der Waals surface area contributed by atoms with E-state index >= 15 is 0 Å². The number of hydrogen-bond acceptors (Lipinski definition) is 3. The van der Waals surface area contributed by atoms with E-state index in [2.05, 4.69) is 52.9 Å². The number of nitrogens with one attached hydrogen (secondary N) is 1. The minimum absolute atomic E-state index is 0.00289. The van der Waals surface area contributed by atoms with Gasteiger partial charge in [-0.15, -0.1) is 0 Å². The molecule has 1 fully saturated rings. The van der Waals surface area contributed by atoms with Gasteiger partial charge in [-0.25, -0.2) is 0 Å². The van der Waals surface area contributed by atoms with Gasteiger partial charge >= 0.3 is 0 Å². The van der Waals surface area contributed by atoms with Crippen molar-refractivity contribution in [1.29, 1.82) is 0 Å². The summed E-state index contributed by atoms with van der Waals surface area (Å²) in [6.07, 6.45) is 3.88. The minimum Gasteiger partial charge on any atom is -0.508 e. The highest BCUT2D eigenvalue weighted by molar-refractivity contribution is 5.47. The number of phenols is 1. The van der Waals surface area contributed by atoms with E-state index in [1.165, 1.54) is 24.0 Å². The molecule has 0 aliphatic carbocycles. The van der Waals surface area contributed by atoms with Gasteiger partial charge in [0.25, 0.3) is 0 Å². The Balaban J connectivity index is 2.18. The maximum Gasteiger partial charge on any atom is 0.120 e. The number of rotatable bonds is 4. The molecule has 0 bridgehead atoms. The molecule has 0 saturated carbocycles. The van der Waals surface area contributed by atoms with E-state index in [1.54, 1.807) is 0 Å². The first-order valence-corrected chi connectivity index (χ1v) is 9.28. The average Bonchev–Trinajstić information content (AvgIpc) is 2.47. The zero-order valence-corrected chi connectivity index (χ0v) is 16.3. The van der Waals surface area contributed by atoms with Crippen molar-refractivity contribution in [1.82, 2.24) is 5.32 Å². The Morgan fingerprint density at radius 1 is 1.08 bits per heavy atom. The summed E-state index contributed by atoms with van der Waals surface area (Å²) in [5, 5.41) is 14.2. The molecular weight excluding hydrogens is 298 g/mol. The molecule has 3 nitrogen and oxygen atoms in total. The summed E-state index contributed by atoms with van der Waals surface area (Å²) in [7, 11) is 0. The molecular formula is C21H35NO2. The highest BCUT2D eigenvalue weighted by Crippen LogP contribution is 2.36. The predicted molar refractivity (Wildman–Crippen MR) is 101 cm³/mol. The van der Waals surface area contributed by atoms with Gasteiger partial charge in [-0.1, -0.05) is 47.6 Å². The molecule has 2 rings (SSSR count). The number of hydrogen-bond donors (Lipinski definition) is 2. The molecule has 1 aromatic rings. The highest BCUT2D eigenvalue weighted by Gasteiger charge is 2.25. The van der Waals surface area contributed by atoms with Crippen LogP contribution in [0.5, 0.6) is 5.75 Å². The summed E-state index contributed by atoms with van der Waals surface area (Å²) in [6, 6.07) is 4.21. The molecule has 1 atom stereocenters. The van der Waals surface area contributed by atoms with E-state index in [1.807, 2.05) is 6.07 Å². The van der Waals surface area contributed by atoms with Gasteiger partial charge < -0.3 is 15.2 Å². The zero-order chi connectivity index (χ0) is 18.0. The van der Waals surface area contributed by atoms with Crippen molar-refractivity contribution in [2.24, 2.45) is 0 Å². The monoisotopic (exact) mass is 333 g/mol. The number of ether oxygens (including phenoxy) is 1. The van der Waals surface area contributed by atoms with E-state index in [0.29, 0.717) is 18.4 Å². The van der Waals surface area contributed by atoms with E-state index < -0.39 is 0 Å². The van der Waals surface area contributed by atoms with Crippen LogP contribution in [0.15, 0.2) is 12.1 Å². The summed E-state index contributed by atoms with van der Waals surface area (Å²) >= 11 is 0. The van der Waals surface area contributed by atoms with Crippen LogP contribution in [0.3, 0.4) is 0 Å². The molecule has 1 heterocycles. The molecule has 1 saturated heterocycles. The Morgan fingerprint density at radius 3 is 2.33 bits per heavy atom. The van der Waals surface area contributed by atoms with Gasteiger partial charge in [-0.2, -0.15) is 0 Å². The second kappa shape index (κ2) is 7.45. The maximum absolute atomic E-state index is 10.7. The summed E-state index contributed by atoms with van der Waals surface area (Å²) < 4.78 is 5.78. The normalized spacial score (nSPS) is 19.5. The number of phenolic OH excluding ortho intramolecular Hbond substituents is 1. The lowest BCUT2D eigenvalue weighted by molar-refractivity contribution is 0.0167. The second-order valence-corrected chi connectivity index (χ2v) is 9.14. The molecule has 0 spiro atoms. The van der Waals surface area contributed by atoms with Crippen molar-refractivity contribution in [2.75, 3.05) is 13.2 Å². The van der Waals surface area contributed by atoms with E-state index in [4.69, 9.17) is 4.74 Å². The summed E-state index contributed by atoms with van der Waals surface area (Å²) in [6.45, 7) is 15.6. The average molecular weight is 334 g/mol. The third kappa shape index (κ3) is 4.97. The van der Waals surface area contributed by atoms with Gasteiger partial charge in [0.1, 0.15) is 5.75 Å². The van der Waals surface area contributed by atoms with E-state index in [-0.39, 0.29) is 10.8 Å². The molecule has 0 radical (unpaired) electrons. The van der Waals surface area contributed by atoms with Crippen LogP contribution >= 0.6 is 0 Å². The molecule has 2 N–H and O–H groups in total. The van der Waals surface area contributed by atoms with Gasteiger partial charge in [0.2, 0.25) is 0 Å². The molecule has 0 aromatic heterocycles. The first-order valence-electron chi connectivity index (χ1n) is 9.28. The smallest absolute Gasteiger partial charge is 0.120 e. The van der Waals surface area contributed by atoms with Crippen molar-refractivity contribution in [3.05, 3.63) is 28.8 Å². The molecule has 1 unspecified atom stereocenters. The molecule has 3 heteroatoms. The fourth-order valence-corrected chi connectivity index (χ4v) is 3.27. The van der Waals surface area contributed by atoms with Crippen molar-refractivity contribution < 1.29 is 9.84 Å². The van der Waals surface area contributed by atoms with Crippen molar-refractivity contribution in [2.45, 2.75) is 84.3 Å². The number of aromatic hydroxyl groups is 1. The topological polar surface area (TPSA) is 41.5 Å². The van der Waals surface area contributed by atoms with Crippen LogP contribution in [0.4, 0.5) is 0 Å². The lowest BCUT2D eigenvalue weighted by Gasteiger charge is -2.29. The van der Waals surface area contributed by atoms with Gasteiger partial charge in [0.05, 0.1) is 6.10 Å². The van der Waals surface area contributed by atoms with Crippen LogP contribution in [0.25, 0.3) is 0 Å². The molecule has 136 valence electrons. The van der Waals surface area contributed by atoms with Gasteiger partial charge in [-0.3, -0.25) is 0 Å². The zero-order valence-electron chi connectivity index (χ0n) is 16.3. The second-order valence-electron chi connectivity index (χ2n) is 9.14. The SMILES string of the molecule is CC(C)(C)c1cc(O)c(CNCC2CCCCO2)c(C(C)(C)C)c1. The fraction of sp³-hybridized carbons (Fsp3) is 0.714. The van der Waals surface area contributed by atoms with E-state index in [0.717, 1.165) is 25.1 Å². The van der Waals surface area contributed by atoms with Gasteiger partial charge in [0.15, 0.2) is 0 Å². The molecule has 24 heavy (non-hydrogen) atoms. The largest absolute Gasteiger partial charge is 0.508 e. The van der Waals surface area contributed by atoms with Crippen molar-refractivity contribution in [3.63, 3.8) is 0 Å². The van der Waals surface area contributed by atoms with Crippen LogP contribution in [-0.4, -0.2) is 24.4 Å². The van der Waals surface area contributed by atoms with Crippen LogP contribution in [0.1, 0.15) is 77.5 Å². The third-order valence-electron chi connectivity index (χ3n) is 4.85. The Hall–Kier alpha value is -1.06. The maximum atomic E-state index is 10.7. The molecule has 1 aromatic carbocycles. The Labute approximate surface area is 147 Å². The first-order chi connectivity index (χ1) is 11.1. The van der Waals surface area contributed by atoms with Crippen LogP contribution in [-0.2, 0) is 22.1 Å². The van der Waals surface area contributed by atoms with E-state index in [9.17, 15) is 5.11 Å². The van der Waals surface area contributed by atoms with Crippen LogP contribution in [0, 0.1) is 0 Å². The van der Waals surface area contributed by atoms with Crippen LogP contribution in [0.2, 0.25) is 0 Å². The van der Waals surface area contributed by atoms with Gasteiger partial charge in [0, 0.05) is 25.3 Å². The molecule has 0 amide bonds. The lowest BCUT2D eigenvalue weighted by atomic mass is 9.78. The van der Waals surface area contributed by atoms with Crippen molar-refractivity contribution in [3.8, 4) is 5.75 Å². The Bertz CT molecular complexity index is 546. The quantitative estimate of drug-likeness (QED) is 0.843. The molecule has 1 aliphatic heterocycles. The number of benzene rings is 1. The standard InChI is InChI=1S/C21H35NO2/c1-20(2,3)15-11-18(21(4,5)6)17(19(23)12-15)14-22-13-16-9-7-8-10-24-16/h11-12,16,22-23H,7-10,13-14H2,1-6H3. The minimum atomic E-state index is -0.00289. The predicted octanol–water partition coefficient (Wildman–Crippen LogP) is 4.65. The van der Waals surface area contributed by atoms with Gasteiger partial charge in [-0.05, 0) is 47.3 Å². The summed E-state index contributed by atoms with van der Waals surface area (Å²) in [5.41, 5.74) is 3.45. The van der Waals surface area contributed by atoms with Crippen molar-refractivity contribution >= 4 is 0 Å². The fourth-order valence-electron chi connectivity index (χ4n) is 3.27. The Morgan fingerprint density at radius 2 is 1.79 bits per heavy atom. The molecule has 1 aliphatic rings. The first kappa shape index (κ1) is 19.3. The van der Waals surface area contributed by atoms with Crippen LogP contribution < -0.4 is 5.32 Å². The Kier molecular flexibility index (Phi) is 5.98. The highest BCUT2D eigenvalue weighted by atomic mass is 16.5. The summed E-state index contributed by atoms with van der Waals surface area (Å²) in [5.74, 6) is 0.407. The lowest BCUT2D eigenvalue weighted by Crippen LogP contribution is -2.32. The third-order valence-corrected chi connectivity index (χ3v) is 4.85.